The Bertz CT molecular complexity index is 622. The van der Waals surface area contributed by atoms with Crippen LogP contribution < -0.4 is 4.74 Å². The van der Waals surface area contributed by atoms with Gasteiger partial charge in [-0.1, -0.05) is 29.8 Å². The van der Waals surface area contributed by atoms with Crippen LogP contribution in [0.15, 0.2) is 47.4 Å². The number of halogens is 1. The molecule has 0 amide bonds. The first-order valence-corrected chi connectivity index (χ1v) is 7.05. The maximum absolute atomic E-state index is 9.10. The molecule has 0 atom stereocenters. The van der Waals surface area contributed by atoms with Crippen molar-refractivity contribution in [2.75, 3.05) is 7.11 Å². The Morgan fingerprint density at radius 1 is 1.26 bits per heavy atom. The van der Waals surface area contributed by atoms with Gasteiger partial charge in [-0.05, 0) is 29.8 Å². The fourth-order valence-corrected chi connectivity index (χ4v) is 2.93. The van der Waals surface area contributed by atoms with E-state index in [-0.39, 0.29) is 0 Å². The van der Waals surface area contributed by atoms with Gasteiger partial charge in [0.1, 0.15) is 11.8 Å². The number of nitriles is 1. The minimum absolute atomic E-state index is 0.651. The van der Waals surface area contributed by atoms with Crippen LogP contribution in [-0.2, 0) is 5.75 Å². The van der Waals surface area contributed by atoms with Crippen molar-refractivity contribution >= 4 is 23.4 Å². The summed E-state index contributed by atoms with van der Waals surface area (Å²) in [6.45, 7) is 0. The monoisotopic (exact) mass is 289 g/mol. The molecule has 0 N–H and O–H groups in total. The molecule has 96 valence electrons. The van der Waals surface area contributed by atoms with Crippen LogP contribution in [0, 0.1) is 11.3 Å². The third kappa shape index (κ3) is 3.44. The summed E-state index contributed by atoms with van der Waals surface area (Å²) in [6, 6.07) is 15.3. The summed E-state index contributed by atoms with van der Waals surface area (Å²) in [6.07, 6.45) is 0. The van der Waals surface area contributed by atoms with Gasteiger partial charge in [0.2, 0.25) is 0 Å². The molecule has 0 aromatic heterocycles. The molecule has 4 heteroatoms. The van der Waals surface area contributed by atoms with Crippen molar-refractivity contribution in [3.8, 4) is 11.8 Å². The third-order valence-corrected chi connectivity index (χ3v) is 4.12. The molecule has 19 heavy (non-hydrogen) atoms. The second kappa shape index (κ2) is 6.51. The smallest absolute Gasteiger partial charge is 0.120 e. The van der Waals surface area contributed by atoms with Gasteiger partial charge in [0.25, 0.3) is 0 Å². The number of rotatable bonds is 4. The summed E-state index contributed by atoms with van der Waals surface area (Å²) in [4.78, 5) is 0.904. The molecule has 0 radical (unpaired) electrons. The molecule has 2 aromatic carbocycles. The molecule has 2 nitrogen and oxygen atoms in total. The highest BCUT2D eigenvalue weighted by molar-refractivity contribution is 7.98. The first kappa shape index (κ1) is 13.8. The van der Waals surface area contributed by atoms with Crippen molar-refractivity contribution in [2.45, 2.75) is 10.6 Å². The minimum Gasteiger partial charge on any atom is -0.497 e. The van der Waals surface area contributed by atoms with E-state index in [0.29, 0.717) is 5.56 Å². The molecule has 0 aliphatic heterocycles. The Labute approximate surface area is 122 Å². The molecule has 2 rings (SSSR count). The zero-order chi connectivity index (χ0) is 13.7. The highest BCUT2D eigenvalue weighted by Crippen LogP contribution is 2.31. The Morgan fingerprint density at radius 3 is 2.74 bits per heavy atom. The van der Waals surface area contributed by atoms with Crippen LogP contribution in [-0.4, -0.2) is 7.11 Å². The van der Waals surface area contributed by atoms with Crippen molar-refractivity contribution < 1.29 is 4.74 Å². The van der Waals surface area contributed by atoms with E-state index in [0.717, 1.165) is 27.0 Å². The largest absolute Gasteiger partial charge is 0.497 e. The summed E-state index contributed by atoms with van der Waals surface area (Å²) in [5, 5.41) is 9.85. The molecular formula is C15H12ClNOS. The topological polar surface area (TPSA) is 33.0 Å². The lowest BCUT2D eigenvalue weighted by atomic mass is 10.2. The van der Waals surface area contributed by atoms with Gasteiger partial charge in [-0.3, -0.25) is 0 Å². The van der Waals surface area contributed by atoms with Crippen LogP contribution in [0.2, 0.25) is 5.02 Å². The number of nitrogens with zero attached hydrogens (tertiary/aromatic N) is 1. The zero-order valence-corrected chi connectivity index (χ0v) is 12.0. The van der Waals surface area contributed by atoms with Crippen LogP contribution >= 0.6 is 23.4 Å². The van der Waals surface area contributed by atoms with Crippen LogP contribution in [0.1, 0.15) is 11.1 Å². The SMILES string of the molecule is COc1ccc(C#N)c(SCc2ccccc2Cl)c1. The van der Waals surface area contributed by atoms with Gasteiger partial charge in [-0.25, -0.2) is 0 Å². The predicted octanol–water partition coefficient (Wildman–Crippen LogP) is 4.51. The Balaban J connectivity index is 2.19. The van der Waals surface area contributed by atoms with Gasteiger partial charge in [-0.2, -0.15) is 5.26 Å². The lowest BCUT2D eigenvalue weighted by Gasteiger charge is -2.07. The van der Waals surface area contributed by atoms with Crippen molar-refractivity contribution in [3.63, 3.8) is 0 Å². The molecule has 0 aliphatic carbocycles. The minimum atomic E-state index is 0.651. The molecule has 0 saturated carbocycles. The van der Waals surface area contributed by atoms with E-state index in [1.54, 1.807) is 31.0 Å². The van der Waals surface area contributed by atoms with Crippen molar-refractivity contribution in [2.24, 2.45) is 0 Å². The van der Waals surface area contributed by atoms with Crippen LogP contribution in [0.3, 0.4) is 0 Å². The molecule has 0 saturated heterocycles. The maximum atomic E-state index is 9.10. The van der Waals surface area contributed by atoms with Gasteiger partial charge < -0.3 is 4.74 Å². The summed E-state index contributed by atoms with van der Waals surface area (Å²) >= 11 is 7.70. The lowest BCUT2D eigenvalue weighted by Crippen LogP contribution is -1.88. The molecule has 0 bridgehead atoms. The van der Waals surface area contributed by atoms with Crippen molar-refractivity contribution in [3.05, 3.63) is 58.6 Å². The Hall–Kier alpha value is -1.63. The average Bonchev–Trinajstić information content (AvgIpc) is 2.46. The number of hydrogen-bond acceptors (Lipinski definition) is 3. The molecule has 0 heterocycles. The summed E-state index contributed by atoms with van der Waals surface area (Å²) in [5.74, 6) is 1.47. The van der Waals surface area contributed by atoms with Crippen molar-refractivity contribution in [1.29, 1.82) is 5.26 Å². The van der Waals surface area contributed by atoms with E-state index >= 15 is 0 Å². The van der Waals surface area contributed by atoms with E-state index in [1.807, 2.05) is 30.3 Å². The normalized spacial score (nSPS) is 9.95. The highest BCUT2D eigenvalue weighted by atomic mass is 35.5. The van der Waals surface area contributed by atoms with E-state index < -0.39 is 0 Å². The van der Waals surface area contributed by atoms with E-state index in [1.165, 1.54) is 0 Å². The fraction of sp³-hybridized carbons (Fsp3) is 0.133. The third-order valence-electron chi connectivity index (χ3n) is 2.65. The molecule has 0 fully saturated rings. The van der Waals surface area contributed by atoms with Gasteiger partial charge in [0.05, 0.1) is 12.7 Å². The fourth-order valence-electron chi connectivity index (χ4n) is 1.61. The second-order valence-corrected chi connectivity index (χ2v) is 5.28. The molecule has 2 aromatic rings. The molecule has 0 aliphatic rings. The van der Waals surface area contributed by atoms with Gasteiger partial charge in [0, 0.05) is 15.7 Å². The first-order valence-electron chi connectivity index (χ1n) is 5.69. The lowest BCUT2D eigenvalue weighted by molar-refractivity contribution is 0.413. The number of benzene rings is 2. The first-order chi connectivity index (χ1) is 9.24. The number of thioether (sulfide) groups is 1. The van der Waals surface area contributed by atoms with E-state index in [2.05, 4.69) is 6.07 Å². The highest BCUT2D eigenvalue weighted by Gasteiger charge is 2.06. The summed E-state index contributed by atoms with van der Waals surface area (Å²) in [7, 11) is 1.61. The maximum Gasteiger partial charge on any atom is 0.120 e. The quantitative estimate of drug-likeness (QED) is 0.776. The van der Waals surface area contributed by atoms with Gasteiger partial charge >= 0.3 is 0 Å². The van der Waals surface area contributed by atoms with Gasteiger partial charge in [0.15, 0.2) is 0 Å². The van der Waals surface area contributed by atoms with Crippen LogP contribution in [0.4, 0.5) is 0 Å². The van der Waals surface area contributed by atoms with Gasteiger partial charge in [-0.15, -0.1) is 11.8 Å². The number of methoxy groups -OCH3 is 1. The predicted molar refractivity (Wildman–Crippen MR) is 78.7 cm³/mol. The average molecular weight is 290 g/mol. The Morgan fingerprint density at radius 2 is 2.05 bits per heavy atom. The van der Waals surface area contributed by atoms with E-state index in [4.69, 9.17) is 21.6 Å². The molecule has 0 unspecified atom stereocenters. The molecule has 0 spiro atoms. The number of hydrogen-bond donors (Lipinski definition) is 0. The second-order valence-electron chi connectivity index (χ2n) is 3.85. The Kier molecular flexibility index (Phi) is 4.73. The van der Waals surface area contributed by atoms with Crippen molar-refractivity contribution in [1.82, 2.24) is 0 Å². The summed E-state index contributed by atoms with van der Waals surface area (Å²) < 4.78 is 5.18. The van der Waals surface area contributed by atoms with Crippen LogP contribution in [0.25, 0.3) is 0 Å². The number of ether oxygens (including phenoxy) is 1. The van der Waals surface area contributed by atoms with Crippen LogP contribution in [0.5, 0.6) is 5.75 Å². The zero-order valence-electron chi connectivity index (χ0n) is 10.4. The summed E-state index contributed by atoms with van der Waals surface area (Å²) in [5.41, 5.74) is 1.71. The van der Waals surface area contributed by atoms with E-state index in [9.17, 15) is 0 Å². The standard InChI is InChI=1S/C15H12ClNOS/c1-18-13-7-6-11(9-17)15(8-13)19-10-12-4-2-3-5-14(12)16/h2-8H,10H2,1H3. The molecular weight excluding hydrogens is 278 g/mol.